The Morgan fingerprint density at radius 2 is 2.00 bits per heavy atom. The fraction of sp³-hybridized carbons (Fsp3) is 0.571. The number of hydrogen-bond acceptors (Lipinski definition) is 3. The van der Waals surface area contributed by atoms with E-state index in [9.17, 15) is 0 Å². The molecule has 0 N–H and O–H groups in total. The Hall–Kier alpha value is -1.56. The van der Waals surface area contributed by atoms with Gasteiger partial charge in [0.25, 0.3) is 0 Å². The van der Waals surface area contributed by atoms with Gasteiger partial charge in [0.05, 0.1) is 11.9 Å². The Bertz CT molecular complexity index is 420. The average molecular weight is 227 g/mol. The maximum absolute atomic E-state index is 8.74. The third kappa shape index (κ3) is 2.12. The molecule has 1 aromatic heterocycles. The van der Waals surface area contributed by atoms with E-state index in [0.29, 0.717) is 5.69 Å². The molecule has 2 bridgehead atoms. The van der Waals surface area contributed by atoms with Gasteiger partial charge in [-0.25, -0.2) is 4.98 Å². The van der Waals surface area contributed by atoms with Crippen LogP contribution < -0.4 is 4.90 Å². The molecule has 2 aliphatic rings. The van der Waals surface area contributed by atoms with Crippen LogP contribution in [-0.2, 0) is 0 Å². The number of nitriles is 1. The Morgan fingerprint density at radius 1 is 1.24 bits per heavy atom. The van der Waals surface area contributed by atoms with E-state index in [-0.39, 0.29) is 0 Å². The van der Waals surface area contributed by atoms with Crippen molar-refractivity contribution in [3.8, 4) is 6.07 Å². The lowest BCUT2D eigenvalue weighted by molar-refractivity contribution is 0.231. The molecule has 2 atom stereocenters. The third-order valence-electron chi connectivity index (χ3n) is 4.08. The molecule has 2 fully saturated rings. The molecule has 3 nitrogen and oxygen atoms in total. The van der Waals surface area contributed by atoms with Gasteiger partial charge in [0.2, 0.25) is 0 Å². The molecular weight excluding hydrogens is 210 g/mol. The van der Waals surface area contributed by atoms with E-state index in [0.717, 1.165) is 11.8 Å². The first-order chi connectivity index (χ1) is 8.35. The number of fused-ring (bicyclic) bond motifs is 2. The summed E-state index contributed by atoms with van der Waals surface area (Å²) < 4.78 is 0. The standard InChI is InChI=1S/C14H17N3/c15-7-13-4-5-14(8-16-13)17-9-11-2-1-3-12(6-11)10-17/h4-5,8,11-12H,1-3,6,9-10H2. The largest absolute Gasteiger partial charge is 0.370 e. The summed E-state index contributed by atoms with van der Waals surface area (Å²) in [7, 11) is 0. The summed E-state index contributed by atoms with van der Waals surface area (Å²) >= 11 is 0. The number of pyridine rings is 1. The first-order valence-corrected chi connectivity index (χ1v) is 6.46. The predicted octanol–water partition coefficient (Wildman–Crippen LogP) is 2.58. The quantitative estimate of drug-likeness (QED) is 0.740. The van der Waals surface area contributed by atoms with E-state index in [4.69, 9.17) is 5.26 Å². The van der Waals surface area contributed by atoms with Crippen LogP contribution >= 0.6 is 0 Å². The number of hydrogen-bond donors (Lipinski definition) is 0. The minimum absolute atomic E-state index is 0.506. The fourth-order valence-electron chi connectivity index (χ4n) is 3.28. The number of piperidine rings is 1. The van der Waals surface area contributed by atoms with Crippen LogP contribution in [0.1, 0.15) is 31.4 Å². The minimum Gasteiger partial charge on any atom is -0.370 e. The first-order valence-electron chi connectivity index (χ1n) is 6.46. The molecule has 0 amide bonds. The molecular formula is C14H17N3. The van der Waals surface area contributed by atoms with Crippen LogP contribution in [0.3, 0.4) is 0 Å². The summed E-state index contributed by atoms with van der Waals surface area (Å²) in [4.78, 5) is 6.61. The second kappa shape index (κ2) is 4.37. The zero-order valence-corrected chi connectivity index (χ0v) is 9.97. The molecule has 1 saturated carbocycles. The molecule has 1 aromatic rings. The third-order valence-corrected chi connectivity index (χ3v) is 4.08. The normalized spacial score (nSPS) is 27.6. The van der Waals surface area contributed by atoms with Gasteiger partial charge in [-0.1, -0.05) is 6.42 Å². The maximum atomic E-state index is 8.74. The van der Waals surface area contributed by atoms with Crippen LogP contribution in [0.25, 0.3) is 0 Å². The van der Waals surface area contributed by atoms with Crippen molar-refractivity contribution in [1.82, 2.24) is 4.98 Å². The van der Waals surface area contributed by atoms with Crippen molar-refractivity contribution in [2.24, 2.45) is 11.8 Å². The van der Waals surface area contributed by atoms with E-state index in [1.165, 1.54) is 44.5 Å². The van der Waals surface area contributed by atoms with Crippen LogP contribution in [0.15, 0.2) is 18.3 Å². The number of rotatable bonds is 1. The lowest BCUT2D eigenvalue weighted by atomic mass is 9.78. The first kappa shape index (κ1) is 10.6. The van der Waals surface area contributed by atoms with Crippen molar-refractivity contribution < 1.29 is 0 Å². The van der Waals surface area contributed by atoms with Crippen molar-refractivity contribution in [3.63, 3.8) is 0 Å². The van der Waals surface area contributed by atoms with E-state index in [1.807, 2.05) is 18.3 Å². The Labute approximate surface area is 102 Å². The van der Waals surface area contributed by atoms with Crippen LogP contribution in [0, 0.1) is 23.2 Å². The summed E-state index contributed by atoms with van der Waals surface area (Å²) in [5.74, 6) is 1.75. The van der Waals surface area contributed by atoms with Gasteiger partial charge in [0.15, 0.2) is 0 Å². The van der Waals surface area contributed by atoms with Gasteiger partial charge >= 0.3 is 0 Å². The highest BCUT2D eigenvalue weighted by molar-refractivity contribution is 5.46. The molecule has 0 aromatic carbocycles. The maximum Gasteiger partial charge on any atom is 0.140 e. The molecule has 2 unspecified atom stereocenters. The Kier molecular flexibility index (Phi) is 2.72. The molecule has 1 aliphatic heterocycles. The van der Waals surface area contributed by atoms with Gasteiger partial charge in [-0.2, -0.15) is 5.26 Å². The topological polar surface area (TPSA) is 39.9 Å². The zero-order valence-electron chi connectivity index (χ0n) is 9.97. The van der Waals surface area contributed by atoms with Crippen molar-refractivity contribution in [1.29, 1.82) is 5.26 Å². The van der Waals surface area contributed by atoms with Crippen LogP contribution in [0.4, 0.5) is 5.69 Å². The molecule has 2 heterocycles. The highest BCUT2D eigenvalue weighted by atomic mass is 15.1. The molecule has 0 radical (unpaired) electrons. The van der Waals surface area contributed by atoms with Crippen LogP contribution in [0.2, 0.25) is 0 Å². The number of anilines is 1. The van der Waals surface area contributed by atoms with Crippen LogP contribution in [0.5, 0.6) is 0 Å². The molecule has 1 saturated heterocycles. The van der Waals surface area contributed by atoms with E-state index >= 15 is 0 Å². The molecule has 17 heavy (non-hydrogen) atoms. The summed E-state index contributed by atoms with van der Waals surface area (Å²) in [5, 5.41) is 8.74. The molecule has 0 spiro atoms. The second-order valence-corrected chi connectivity index (χ2v) is 5.32. The number of nitrogens with zero attached hydrogens (tertiary/aromatic N) is 3. The van der Waals surface area contributed by atoms with Gasteiger partial charge in [-0.3, -0.25) is 0 Å². The molecule has 3 rings (SSSR count). The van der Waals surface area contributed by atoms with Gasteiger partial charge in [-0.15, -0.1) is 0 Å². The van der Waals surface area contributed by atoms with E-state index < -0.39 is 0 Å². The monoisotopic (exact) mass is 227 g/mol. The smallest absolute Gasteiger partial charge is 0.140 e. The van der Waals surface area contributed by atoms with Crippen molar-refractivity contribution >= 4 is 5.69 Å². The zero-order chi connectivity index (χ0) is 11.7. The average Bonchev–Trinajstić information content (AvgIpc) is 2.38. The van der Waals surface area contributed by atoms with Gasteiger partial charge in [0.1, 0.15) is 11.8 Å². The van der Waals surface area contributed by atoms with Crippen molar-refractivity contribution in [3.05, 3.63) is 24.0 Å². The predicted molar refractivity (Wildman–Crippen MR) is 66.6 cm³/mol. The summed E-state index contributed by atoms with van der Waals surface area (Å²) in [6, 6.07) is 5.92. The Morgan fingerprint density at radius 3 is 2.59 bits per heavy atom. The van der Waals surface area contributed by atoms with E-state index in [1.54, 1.807) is 0 Å². The highest BCUT2D eigenvalue weighted by Gasteiger charge is 2.30. The molecule has 88 valence electrons. The molecule has 1 aliphatic carbocycles. The minimum atomic E-state index is 0.506. The lowest BCUT2D eigenvalue weighted by Crippen LogP contribution is -2.42. The SMILES string of the molecule is N#Cc1ccc(N2CC3CCCC(C3)C2)cn1. The second-order valence-electron chi connectivity index (χ2n) is 5.32. The Balaban J connectivity index is 1.77. The van der Waals surface area contributed by atoms with E-state index in [2.05, 4.69) is 16.0 Å². The van der Waals surface area contributed by atoms with Crippen LogP contribution in [-0.4, -0.2) is 18.1 Å². The van der Waals surface area contributed by atoms with Gasteiger partial charge in [0, 0.05) is 13.1 Å². The highest BCUT2D eigenvalue weighted by Crippen LogP contribution is 2.36. The van der Waals surface area contributed by atoms with Crippen molar-refractivity contribution in [2.45, 2.75) is 25.7 Å². The van der Waals surface area contributed by atoms with Gasteiger partial charge in [-0.05, 0) is 43.2 Å². The fourth-order valence-corrected chi connectivity index (χ4v) is 3.28. The number of aromatic nitrogens is 1. The molecule has 3 heteroatoms. The van der Waals surface area contributed by atoms with Gasteiger partial charge < -0.3 is 4.90 Å². The van der Waals surface area contributed by atoms with Crippen molar-refractivity contribution in [2.75, 3.05) is 18.0 Å². The summed E-state index contributed by atoms with van der Waals surface area (Å²) in [6.07, 6.45) is 7.45. The summed E-state index contributed by atoms with van der Waals surface area (Å²) in [6.45, 7) is 2.34. The lowest BCUT2D eigenvalue weighted by Gasteiger charge is -2.42. The summed E-state index contributed by atoms with van der Waals surface area (Å²) in [5.41, 5.74) is 1.69.